The molecular weight excluding hydrogens is 296 g/mol. The molecule has 0 atom stereocenters. The topological polar surface area (TPSA) is 82.1 Å². The number of ether oxygens (including phenoxy) is 2. The largest absolute Gasteiger partial charge is 0.491 e. The van der Waals surface area contributed by atoms with Gasteiger partial charge in [0, 0.05) is 0 Å². The Morgan fingerprint density at radius 2 is 1.57 bits per heavy atom. The standard InChI is InChI=1S/C14H22O6S/c1-14(2,3)12-4-6-13(7-5-12)19-10-8-18-9-11-20-21(15,16)17/h4-7H,8-11H2,1-3H3,(H,15,16,17). The Balaban J connectivity index is 2.19. The lowest BCUT2D eigenvalue weighted by molar-refractivity contribution is 0.0748. The molecule has 0 heterocycles. The van der Waals surface area contributed by atoms with Crippen molar-refractivity contribution in [1.82, 2.24) is 0 Å². The Hall–Kier alpha value is -1.15. The van der Waals surface area contributed by atoms with Gasteiger partial charge >= 0.3 is 10.4 Å². The van der Waals surface area contributed by atoms with E-state index in [0.29, 0.717) is 13.2 Å². The second-order valence-corrected chi connectivity index (χ2v) is 6.58. The van der Waals surface area contributed by atoms with E-state index < -0.39 is 10.4 Å². The third kappa shape index (κ3) is 8.01. The fourth-order valence-electron chi connectivity index (χ4n) is 1.57. The maximum absolute atomic E-state index is 10.3. The molecule has 0 saturated heterocycles. The van der Waals surface area contributed by atoms with E-state index in [1.54, 1.807) is 0 Å². The molecule has 0 aliphatic heterocycles. The minimum atomic E-state index is -4.39. The zero-order chi connectivity index (χ0) is 15.9. The summed E-state index contributed by atoms with van der Waals surface area (Å²) in [5.74, 6) is 0.751. The van der Waals surface area contributed by atoms with Gasteiger partial charge in [-0.15, -0.1) is 0 Å². The Kier molecular flexibility index (Phi) is 6.60. The van der Waals surface area contributed by atoms with Crippen molar-refractivity contribution < 1.29 is 26.6 Å². The minimum absolute atomic E-state index is 0.0616. The predicted molar refractivity (Wildman–Crippen MR) is 79.0 cm³/mol. The molecule has 0 aliphatic carbocycles. The van der Waals surface area contributed by atoms with Crippen LogP contribution in [-0.4, -0.2) is 39.4 Å². The highest BCUT2D eigenvalue weighted by Crippen LogP contribution is 2.24. The molecule has 1 rings (SSSR count). The summed E-state index contributed by atoms with van der Waals surface area (Å²) in [6.45, 7) is 6.92. The minimum Gasteiger partial charge on any atom is -0.491 e. The highest BCUT2D eigenvalue weighted by molar-refractivity contribution is 7.80. The maximum atomic E-state index is 10.3. The van der Waals surface area contributed by atoms with E-state index in [-0.39, 0.29) is 18.6 Å². The Morgan fingerprint density at radius 1 is 1.00 bits per heavy atom. The summed E-state index contributed by atoms with van der Waals surface area (Å²) in [6, 6.07) is 7.86. The first-order valence-electron chi connectivity index (χ1n) is 6.61. The van der Waals surface area contributed by atoms with Crippen molar-refractivity contribution in [3.05, 3.63) is 29.8 Å². The van der Waals surface area contributed by atoms with Crippen molar-refractivity contribution in [3.63, 3.8) is 0 Å². The van der Waals surface area contributed by atoms with Crippen LogP contribution in [0.3, 0.4) is 0 Å². The van der Waals surface area contributed by atoms with Gasteiger partial charge in [-0.1, -0.05) is 32.9 Å². The van der Waals surface area contributed by atoms with Crippen LogP contribution in [0.4, 0.5) is 0 Å². The number of hydrogen-bond acceptors (Lipinski definition) is 5. The van der Waals surface area contributed by atoms with Crippen molar-refractivity contribution in [2.45, 2.75) is 26.2 Å². The van der Waals surface area contributed by atoms with E-state index in [4.69, 9.17) is 14.0 Å². The van der Waals surface area contributed by atoms with Gasteiger partial charge in [0.1, 0.15) is 12.4 Å². The predicted octanol–water partition coefficient (Wildman–Crippen LogP) is 2.20. The van der Waals surface area contributed by atoms with Crippen molar-refractivity contribution in [2.24, 2.45) is 0 Å². The average molecular weight is 318 g/mol. The molecule has 1 aromatic rings. The SMILES string of the molecule is CC(C)(C)c1ccc(OCCOCCOS(=O)(=O)O)cc1. The van der Waals surface area contributed by atoms with Gasteiger partial charge in [-0.25, -0.2) is 4.18 Å². The van der Waals surface area contributed by atoms with Gasteiger partial charge in [0.25, 0.3) is 0 Å². The highest BCUT2D eigenvalue weighted by atomic mass is 32.3. The van der Waals surface area contributed by atoms with Crippen LogP contribution >= 0.6 is 0 Å². The van der Waals surface area contributed by atoms with Crippen LogP contribution in [0.2, 0.25) is 0 Å². The summed E-state index contributed by atoms with van der Waals surface area (Å²) in [7, 11) is -4.39. The summed E-state index contributed by atoms with van der Waals surface area (Å²) in [5.41, 5.74) is 1.34. The monoisotopic (exact) mass is 318 g/mol. The lowest BCUT2D eigenvalue weighted by Crippen LogP contribution is -2.13. The van der Waals surface area contributed by atoms with Gasteiger partial charge in [-0.3, -0.25) is 4.55 Å². The fraction of sp³-hybridized carbons (Fsp3) is 0.571. The zero-order valence-corrected chi connectivity index (χ0v) is 13.4. The van der Waals surface area contributed by atoms with Gasteiger partial charge < -0.3 is 9.47 Å². The summed E-state index contributed by atoms with van der Waals surface area (Å²) < 4.78 is 43.5. The van der Waals surface area contributed by atoms with Crippen molar-refractivity contribution in [2.75, 3.05) is 26.4 Å². The van der Waals surface area contributed by atoms with E-state index in [0.717, 1.165) is 5.75 Å². The third-order valence-corrected chi connectivity index (χ3v) is 3.14. The van der Waals surface area contributed by atoms with Crippen molar-refractivity contribution >= 4 is 10.4 Å². The van der Waals surface area contributed by atoms with Crippen LogP contribution in [0.5, 0.6) is 5.75 Å². The first-order chi connectivity index (χ1) is 9.68. The lowest BCUT2D eigenvalue weighted by Gasteiger charge is -2.19. The summed E-state index contributed by atoms with van der Waals surface area (Å²) >= 11 is 0. The van der Waals surface area contributed by atoms with Gasteiger partial charge in [0.2, 0.25) is 0 Å². The molecule has 0 amide bonds. The van der Waals surface area contributed by atoms with E-state index in [9.17, 15) is 8.42 Å². The zero-order valence-electron chi connectivity index (χ0n) is 12.5. The molecule has 0 radical (unpaired) electrons. The second-order valence-electron chi connectivity index (χ2n) is 5.48. The first kappa shape index (κ1) is 17.9. The molecular formula is C14H22O6S. The summed E-state index contributed by atoms with van der Waals surface area (Å²) in [6.07, 6.45) is 0. The molecule has 0 fully saturated rings. The second kappa shape index (κ2) is 7.74. The molecule has 21 heavy (non-hydrogen) atoms. The molecule has 6 nitrogen and oxygen atoms in total. The van der Waals surface area contributed by atoms with Crippen LogP contribution in [0.15, 0.2) is 24.3 Å². The van der Waals surface area contributed by atoms with Gasteiger partial charge in [-0.2, -0.15) is 8.42 Å². The first-order valence-corrected chi connectivity index (χ1v) is 7.98. The maximum Gasteiger partial charge on any atom is 0.397 e. The number of rotatable bonds is 8. The number of hydrogen-bond donors (Lipinski definition) is 1. The molecule has 0 aliphatic rings. The highest BCUT2D eigenvalue weighted by Gasteiger charge is 2.12. The number of benzene rings is 1. The van der Waals surface area contributed by atoms with E-state index in [1.807, 2.05) is 24.3 Å². The molecule has 0 unspecified atom stereocenters. The fourth-order valence-corrected chi connectivity index (χ4v) is 1.85. The van der Waals surface area contributed by atoms with E-state index >= 15 is 0 Å². The molecule has 1 aromatic carbocycles. The molecule has 0 aromatic heterocycles. The lowest BCUT2D eigenvalue weighted by atomic mass is 9.87. The van der Waals surface area contributed by atoms with Crippen LogP contribution in [0, 0.1) is 0 Å². The van der Waals surface area contributed by atoms with Gasteiger partial charge in [0.05, 0.1) is 19.8 Å². The molecule has 0 spiro atoms. The average Bonchev–Trinajstić information content (AvgIpc) is 2.36. The Bertz CT molecular complexity index is 515. The molecule has 1 N–H and O–H groups in total. The summed E-state index contributed by atoms with van der Waals surface area (Å²) in [5, 5.41) is 0. The van der Waals surface area contributed by atoms with E-state index in [2.05, 4.69) is 25.0 Å². The Morgan fingerprint density at radius 3 is 2.10 bits per heavy atom. The van der Waals surface area contributed by atoms with Crippen LogP contribution in [-0.2, 0) is 24.7 Å². The van der Waals surface area contributed by atoms with Crippen LogP contribution in [0.1, 0.15) is 26.3 Å². The normalized spacial score (nSPS) is 12.4. The van der Waals surface area contributed by atoms with E-state index in [1.165, 1.54) is 5.56 Å². The quantitative estimate of drug-likeness (QED) is 0.584. The van der Waals surface area contributed by atoms with Crippen LogP contribution in [0.25, 0.3) is 0 Å². The third-order valence-electron chi connectivity index (χ3n) is 2.68. The van der Waals surface area contributed by atoms with Crippen molar-refractivity contribution in [1.29, 1.82) is 0 Å². The van der Waals surface area contributed by atoms with Crippen LogP contribution < -0.4 is 4.74 Å². The molecule has 0 bridgehead atoms. The van der Waals surface area contributed by atoms with Gasteiger partial charge in [-0.05, 0) is 23.1 Å². The molecule has 120 valence electrons. The summed E-state index contributed by atoms with van der Waals surface area (Å²) in [4.78, 5) is 0. The molecule has 0 saturated carbocycles. The van der Waals surface area contributed by atoms with Gasteiger partial charge in [0.15, 0.2) is 0 Å². The Labute approximate surface area is 126 Å². The van der Waals surface area contributed by atoms with Crippen molar-refractivity contribution in [3.8, 4) is 5.75 Å². The molecule has 7 heteroatoms. The smallest absolute Gasteiger partial charge is 0.397 e.